The predicted octanol–water partition coefficient (Wildman–Crippen LogP) is 5.25. The van der Waals surface area contributed by atoms with Gasteiger partial charge in [0.1, 0.15) is 11.6 Å². The Bertz CT molecular complexity index is 913. The van der Waals surface area contributed by atoms with Gasteiger partial charge in [-0.15, -0.1) is 0 Å². The molecule has 0 saturated heterocycles. The molecule has 142 valence electrons. The van der Waals surface area contributed by atoms with E-state index in [0.717, 1.165) is 0 Å². The Labute approximate surface area is 159 Å². The van der Waals surface area contributed by atoms with E-state index >= 15 is 0 Å². The zero-order valence-corrected chi connectivity index (χ0v) is 14.5. The van der Waals surface area contributed by atoms with Gasteiger partial charge in [0, 0.05) is 22.7 Å². The molecular formula is C20H16F2N4O2. The third kappa shape index (κ3) is 5.53. The quantitative estimate of drug-likeness (QED) is 0.497. The van der Waals surface area contributed by atoms with Crippen molar-refractivity contribution in [3.05, 3.63) is 84.4 Å². The van der Waals surface area contributed by atoms with Crippen molar-refractivity contribution >= 4 is 34.8 Å². The molecule has 6 nitrogen and oxygen atoms in total. The van der Waals surface area contributed by atoms with Crippen LogP contribution in [0.25, 0.3) is 0 Å². The van der Waals surface area contributed by atoms with Gasteiger partial charge in [-0.1, -0.05) is 12.1 Å². The summed E-state index contributed by atoms with van der Waals surface area (Å²) in [5, 5.41) is 10.2. The van der Waals surface area contributed by atoms with E-state index in [1.807, 2.05) is 0 Å². The third-order valence-electron chi connectivity index (χ3n) is 3.57. The van der Waals surface area contributed by atoms with Crippen LogP contribution >= 0.6 is 0 Å². The monoisotopic (exact) mass is 382 g/mol. The molecule has 3 rings (SSSR count). The highest BCUT2D eigenvalue weighted by molar-refractivity contribution is 6.01. The fourth-order valence-corrected chi connectivity index (χ4v) is 2.36. The van der Waals surface area contributed by atoms with Crippen molar-refractivity contribution in [2.24, 2.45) is 0 Å². The second-order valence-electron chi connectivity index (χ2n) is 5.76. The summed E-state index contributed by atoms with van der Waals surface area (Å²) in [5.41, 5.74) is 1.60. The molecule has 0 saturated carbocycles. The van der Waals surface area contributed by atoms with Crippen LogP contribution in [0.3, 0.4) is 0 Å². The van der Waals surface area contributed by atoms with E-state index in [1.165, 1.54) is 36.4 Å². The van der Waals surface area contributed by atoms with Gasteiger partial charge >= 0.3 is 12.1 Å². The molecule has 3 aromatic rings. The number of anilines is 4. The Morgan fingerprint density at radius 1 is 0.536 bits per heavy atom. The molecule has 4 N–H and O–H groups in total. The minimum absolute atomic E-state index is 0.324. The number of amides is 4. The SMILES string of the molecule is O=C(Nc1ccc(NC(=O)Nc2cccc(F)c2)cc1)Nc1cccc(F)c1. The summed E-state index contributed by atoms with van der Waals surface area (Å²) in [6.07, 6.45) is 0. The summed E-state index contributed by atoms with van der Waals surface area (Å²) in [4.78, 5) is 23.9. The standard InChI is InChI=1S/C20H16F2N4O2/c21-13-3-1-5-17(11-13)25-19(27)23-15-7-9-16(10-8-15)24-20(28)26-18-6-2-4-14(22)12-18/h1-12H,(H2,23,25,27)(H2,24,26,28). The van der Waals surface area contributed by atoms with E-state index in [1.54, 1.807) is 36.4 Å². The summed E-state index contributed by atoms with van der Waals surface area (Å²) < 4.78 is 26.2. The summed E-state index contributed by atoms with van der Waals surface area (Å²) in [6, 6.07) is 16.3. The van der Waals surface area contributed by atoms with Crippen LogP contribution in [0, 0.1) is 11.6 Å². The van der Waals surface area contributed by atoms with Crippen molar-refractivity contribution < 1.29 is 18.4 Å². The maximum absolute atomic E-state index is 13.1. The molecule has 0 heterocycles. The van der Waals surface area contributed by atoms with Crippen LogP contribution in [0.4, 0.5) is 41.1 Å². The molecule has 0 aliphatic heterocycles. The second-order valence-corrected chi connectivity index (χ2v) is 5.76. The Morgan fingerprint density at radius 3 is 1.25 bits per heavy atom. The molecular weight excluding hydrogens is 366 g/mol. The van der Waals surface area contributed by atoms with Gasteiger partial charge in [-0.25, -0.2) is 18.4 Å². The lowest BCUT2D eigenvalue weighted by Gasteiger charge is -2.10. The summed E-state index contributed by atoms with van der Waals surface area (Å²) in [7, 11) is 0. The molecule has 0 bridgehead atoms. The molecule has 28 heavy (non-hydrogen) atoms. The Morgan fingerprint density at radius 2 is 0.893 bits per heavy atom. The predicted molar refractivity (Wildman–Crippen MR) is 105 cm³/mol. The van der Waals surface area contributed by atoms with Crippen molar-refractivity contribution in [1.29, 1.82) is 0 Å². The number of hydrogen-bond donors (Lipinski definition) is 4. The number of rotatable bonds is 4. The van der Waals surface area contributed by atoms with Crippen LogP contribution in [-0.2, 0) is 0 Å². The molecule has 8 heteroatoms. The lowest BCUT2D eigenvalue weighted by atomic mass is 10.3. The number of nitrogens with one attached hydrogen (secondary N) is 4. The van der Waals surface area contributed by atoms with Crippen LogP contribution in [0.2, 0.25) is 0 Å². The van der Waals surface area contributed by atoms with Gasteiger partial charge in [-0.05, 0) is 60.7 Å². The van der Waals surface area contributed by atoms with E-state index in [4.69, 9.17) is 0 Å². The molecule has 0 aliphatic rings. The molecule has 0 unspecified atom stereocenters. The highest BCUT2D eigenvalue weighted by atomic mass is 19.1. The number of carbonyl (C=O) groups excluding carboxylic acids is 2. The van der Waals surface area contributed by atoms with Crippen molar-refractivity contribution in [2.75, 3.05) is 21.3 Å². The molecule has 0 radical (unpaired) electrons. The second kappa shape index (κ2) is 8.63. The maximum atomic E-state index is 13.1. The first kappa shape index (κ1) is 18.8. The number of urea groups is 2. The lowest BCUT2D eigenvalue weighted by Crippen LogP contribution is -2.20. The number of hydrogen-bond acceptors (Lipinski definition) is 2. The van der Waals surface area contributed by atoms with Gasteiger partial charge in [-0.2, -0.15) is 0 Å². The average Bonchev–Trinajstić information content (AvgIpc) is 2.63. The van der Waals surface area contributed by atoms with Crippen LogP contribution in [0.15, 0.2) is 72.8 Å². The first-order valence-corrected chi connectivity index (χ1v) is 8.25. The summed E-state index contributed by atoms with van der Waals surface area (Å²) in [6.45, 7) is 0. The minimum Gasteiger partial charge on any atom is -0.308 e. The fourth-order valence-electron chi connectivity index (χ4n) is 2.36. The van der Waals surface area contributed by atoms with E-state index in [-0.39, 0.29) is 0 Å². The van der Waals surface area contributed by atoms with Gasteiger partial charge in [0.15, 0.2) is 0 Å². The number of carbonyl (C=O) groups is 2. The van der Waals surface area contributed by atoms with Crippen LogP contribution in [0.5, 0.6) is 0 Å². The van der Waals surface area contributed by atoms with Gasteiger partial charge in [-0.3, -0.25) is 0 Å². The summed E-state index contributed by atoms with van der Waals surface area (Å²) in [5.74, 6) is -0.908. The zero-order valence-electron chi connectivity index (χ0n) is 14.5. The van der Waals surface area contributed by atoms with Crippen molar-refractivity contribution in [1.82, 2.24) is 0 Å². The number of benzene rings is 3. The Balaban J connectivity index is 1.52. The van der Waals surface area contributed by atoms with Gasteiger partial charge in [0.2, 0.25) is 0 Å². The van der Waals surface area contributed by atoms with E-state index < -0.39 is 23.7 Å². The zero-order chi connectivity index (χ0) is 19.9. The fraction of sp³-hybridized carbons (Fsp3) is 0. The highest BCUT2D eigenvalue weighted by Crippen LogP contribution is 2.16. The molecule has 0 fully saturated rings. The lowest BCUT2D eigenvalue weighted by molar-refractivity contribution is 0.261. The van der Waals surface area contributed by atoms with Crippen LogP contribution in [-0.4, -0.2) is 12.1 Å². The number of halogens is 2. The smallest absolute Gasteiger partial charge is 0.308 e. The topological polar surface area (TPSA) is 82.3 Å². The average molecular weight is 382 g/mol. The van der Waals surface area contributed by atoms with E-state index in [0.29, 0.717) is 22.7 Å². The van der Waals surface area contributed by atoms with E-state index in [2.05, 4.69) is 21.3 Å². The normalized spacial score (nSPS) is 10.1. The van der Waals surface area contributed by atoms with Crippen molar-refractivity contribution in [2.45, 2.75) is 0 Å². The molecule has 0 aromatic heterocycles. The van der Waals surface area contributed by atoms with Crippen molar-refractivity contribution in [3.8, 4) is 0 Å². The van der Waals surface area contributed by atoms with Gasteiger partial charge in [0.25, 0.3) is 0 Å². The van der Waals surface area contributed by atoms with Crippen LogP contribution < -0.4 is 21.3 Å². The first-order valence-electron chi connectivity index (χ1n) is 8.25. The first-order chi connectivity index (χ1) is 13.5. The Kier molecular flexibility index (Phi) is 5.81. The molecule has 0 atom stereocenters. The molecule has 0 spiro atoms. The largest absolute Gasteiger partial charge is 0.323 e. The Hall–Kier alpha value is -3.94. The summed E-state index contributed by atoms with van der Waals surface area (Å²) >= 11 is 0. The van der Waals surface area contributed by atoms with Crippen molar-refractivity contribution in [3.63, 3.8) is 0 Å². The molecule has 0 aliphatic carbocycles. The van der Waals surface area contributed by atoms with Gasteiger partial charge < -0.3 is 21.3 Å². The van der Waals surface area contributed by atoms with Gasteiger partial charge in [0.05, 0.1) is 0 Å². The molecule has 3 aromatic carbocycles. The minimum atomic E-state index is -0.532. The van der Waals surface area contributed by atoms with E-state index in [9.17, 15) is 18.4 Å². The maximum Gasteiger partial charge on any atom is 0.323 e. The highest BCUT2D eigenvalue weighted by Gasteiger charge is 2.06. The third-order valence-corrected chi connectivity index (χ3v) is 3.57. The molecule has 4 amide bonds. The van der Waals surface area contributed by atoms with Crippen LogP contribution in [0.1, 0.15) is 0 Å².